The molecule has 0 spiro atoms. The maximum atomic E-state index is 15.0. The molecule has 2 aliphatic carbocycles. The lowest BCUT2D eigenvalue weighted by Gasteiger charge is -2.33. The molecule has 3 aliphatic rings. The lowest BCUT2D eigenvalue weighted by Crippen LogP contribution is -2.56. The largest absolute Gasteiger partial charge is 0.344 e. The minimum absolute atomic E-state index is 0.0352. The molecule has 0 bridgehead atoms. The summed E-state index contributed by atoms with van der Waals surface area (Å²) >= 11 is 0. The number of Topliss-reactive ketones (excluding diaryl/α,β-unsaturated/α-hetero) is 4. The molecule has 2 saturated carbocycles. The van der Waals surface area contributed by atoms with Gasteiger partial charge in [0, 0.05) is 62.4 Å². The van der Waals surface area contributed by atoms with E-state index in [1.54, 1.807) is 27.7 Å². The summed E-state index contributed by atoms with van der Waals surface area (Å²) in [5.74, 6) is -8.32. The van der Waals surface area contributed by atoms with Crippen LogP contribution >= 0.6 is 0 Å². The third-order valence-corrected chi connectivity index (χ3v) is 9.91. The first-order chi connectivity index (χ1) is 22.2. The van der Waals surface area contributed by atoms with Crippen LogP contribution in [-0.2, 0) is 24.0 Å². The number of nitrogens with one attached hydrogen (secondary N) is 1. The molecule has 4 unspecified atom stereocenters. The fourth-order valence-corrected chi connectivity index (χ4v) is 7.01. The Hall–Kier alpha value is -3.51. The van der Waals surface area contributed by atoms with E-state index in [1.807, 2.05) is 0 Å². The molecule has 258 valence electrons. The summed E-state index contributed by atoms with van der Waals surface area (Å²) in [7, 11) is 0. The second kappa shape index (κ2) is 15.6. The molecule has 1 N–H and O–H groups in total. The fraction of sp³-hybridized carbons (Fsp3) is 0.706. The van der Waals surface area contributed by atoms with Crippen molar-refractivity contribution in [2.45, 2.75) is 104 Å². The number of rotatable bonds is 17. The summed E-state index contributed by atoms with van der Waals surface area (Å²) in [4.78, 5) is 89.1. The van der Waals surface area contributed by atoms with Crippen molar-refractivity contribution in [3.05, 3.63) is 24.3 Å². The number of ketones is 4. The summed E-state index contributed by atoms with van der Waals surface area (Å²) in [6, 6.07) is -2.32. The number of hydrogen-bond acceptors (Lipinski definition) is 8. The number of likely N-dealkylation sites (tertiary alicyclic amines) is 1. The quantitative estimate of drug-likeness (QED) is 0.193. The molecule has 10 nitrogen and oxygen atoms in total. The molecule has 4 rings (SSSR count). The normalized spacial score (nSPS) is 24.3. The van der Waals surface area contributed by atoms with Gasteiger partial charge in [-0.2, -0.15) is 0 Å². The third kappa shape index (κ3) is 8.90. The van der Waals surface area contributed by atoms with E-state index in [9.17, 15) is 37.5 Å². The SMILES string of the molecule is CC(C)[C@H](NC(=O)[C@H](CC(=O)c1cnccn1)C(C)C)C(=O)N1CC2C(F)CC[C@@H]2C1C(=O)CC(CC(F)F)C(=O)C(=O)CC1CC1. The molecule has 2 amide bonds. The number of halogens is 3. The Balaban J connectivity index is 1.54. The third-order valence-electron chi connectivity index (χ3n) is 9.91. The van der Waals surface area contributed by atoms with Crippen molar-refractivity contribution in [2.24, 2.45) is 41.4 Å². The van der Waals surface area contributed by atoms with Gasteiger partial charge >= 0.3 is 0 Å². The van der Waals surface area contributed by atoms with E-state index in [0.29, 0.717) is 6.42 Å². The van der Waals surface area contributed by atoms with Crippen LogP contribution in [0.1, 0.15) is 89.5 Å². The van der Waals surface area contributed by atoms with Gasteiger partial charge in [-0.1, -0.05) is 27.7 Å². The predicted molar refractivity (Wildman–Crippen MR) is 164 cm³/mol. The van der Waals surface area contributed by atoms with Crippen LogP contribution < -0.4 is 5.32 Å². The van der Waals surface area contributed by atoms with Crippen molar-refractivity contribution < 1.29 is 41.9 Å². The van der Waals surface area contributed by atoms with E-state index < -0.39 is 102 Å². The van der Waals surface area contributed by atoms with Gasteiger partial charge < -0.3 is 10.2 Å². The average molecular weight is 663 g/mol. The van der Waals surface area contributed by atoms with Gasteiger partial charge in [0.25, 0.3) is 0 Å². The van der Waals surface area contributed by atoms with Gasteiger partial charge in [-0.15, -0.1) is 0 Å². The first-order valence-corrected chi connectivity index (χ1v) is 16.6. The van der Waals surface area contributed by atoms with Gasteiger partial charge in [0.15, 0.2) is 17.3 Å². The highest BCUT2D eigenvalue weighted by atomic mass is 19.3. The van der Waals surface area contributed by atoms with Crippen molar-refractivity contribution in [3.63, 3.8) is 0 Å². The molecule has 2 heterocycles. The van der Waals surface area contributed by atoms with Crippen LogP contribution in [0, 0.1) is 41.4 Å². The highest BCUT2D eigenvalue weighted by molar-refractivity contribution is 6.38. The molecule has 3 fully saturated rings. The highest BCUT2D eigenvalue weighted by Crippen LogP contribution is 2.45. The number of fused-ring (bicyclic) bond motifs is 1. The van der Waals surface area contributed by atoms with E-state index in [-0.39, 0.29) is 43.3 Å². The number of nitrogens with zero attached hydrogens (tertiary/aromatic N) is 3. The summed E-state index contributed by atoms with van der Waals surface area (Å²) in [6.45, 7) is 6.83. The van der Waals surface area contributed by atoms with Gasteiger partial charge in [-0.25, -0.2) is 18.2 Å². The van der Waals surface area contributed by atoms with Crippen LogP contribution in [-0.4, -0.2) is 81.0 Å². The maximum Gasteiger partial charge on any atom is 0.246 e. The summed E-state index contributed by atoms with van der Waals surface area (Å²) < 4.78 is 42.1. The van der Waals surface area contributed by atoms with Crippen molar-refractivity contribution in [1.82, 2.24) is 20.2 Å². The number of carbonyl (C=O) groups excluding carboxylic acids is 6. The van der Waals surface area contributed by atoms with Gasteiger partial charge in [0.05, 0.1) is 12.2 Å². The van der Waals surface area contributed by atoms with Crippen LogP contribution in [0.15, 0.2) is 18.6 Å². The van der Waals surface area contributed by atoms with Crippen LogP contribution in [0.3, 0.4) is 0 Å². The number of alkyl halides is 3. The Bertz CT molecular complexity index is 1340. The molecular formula is C34H45F3N4O6. The Morgan fingerprint density at radius 2 is 1.64 bits per heavy atom. The van der Waals surface area contributed by atoms with Gasteiger partial charge in [0.1, 0.15) is 17.9 Å². The van der Waals surface area contributed by atoms with E-state index in [4.69, 9.17) is 0 Å². The second-order valence-corrected chi connectivity index (χ2v) is 14.1. The zero-order chi connectivity index (χ0) is 34.6. The molecule has 13 heteroatoms. The molecule has 0 radical (unpaired) electrons. The second-order valence-electron chi connectivity index (χ2n) is 14.1. The van der Waals surface area contributed by atoms with E-state index in [1.165, 1.54) is 23.5 Å². The van der Waals surface area contributed by atoms with Crippen LogP contribution in [0.25, 0.3) is 0 Å². The lowest BCUT2D eigenvalue weighted by molar-refractivity contribution is -0.145. The Labute approximate surface area is 273 Å². The zero-order valence-electron chi connectivity index (χ0n) is 27.4. The molecule has 1 aliphatic heterocycles. The number of amides is 2. The number of carbonyl (C=O) groups is 6. The van der Waals surface area contributed by atoms with Crippen molar-refractivity contribution in [2.75, 3.05) is 6.54 Å². The van der Waals surface area contributed by atoms with Crippen molar-refractivity contribution in [1.29, 1.82) is 0 Å². The minimum atomic E-state index is -2.93. The standard InChI is InChI=1S/C34H45F3N4O6/c1-17(2)22(14-26(42)25-15-38-9-10-39-25)33(46)40-30(18(3)4)34(47)41-16-23-21(7-8-24(23)35)31(41)27(43)12-20(13-29(36)37)32(45)28(44)11-19-5-6-19/h9-10,15,17-24,29-31H,5-8,11-14,16H2,1-4H3,(H,40,46)/t20?,21-,22+,23?,24?,30-,31?/m0/s1. The predicted octanol–water partition coefficient (Wildman–Crippen LogP) is 4.21. The minimum Gasteiger partial charge on any atom is -0.344 e. The smallest absolute Gasteiger partial charge is 0.246 e. The Morgan fingerprint density at radius 3 is 2.21 bits per heavy atom. The molecule has 0 aromatic carbocycles. The van der Waals surface area contributed by atoms with E-state index in [0.717, 1.165) is 12.8 Å². The summed E-state index contributed by atoms with van der Waals surface area (Å²) in [5, 5.41) is 2.77. The average Bonchev–Trinajstić information content (AvgIpc) is 3.64. The van der Waals surface area contributed by atoms with Gasteiger partial charge in [-0.3, -0.25) is 33.8 Å². The van der Waals surface area contributed by atoms with Crippen molar-refractivity contribution in [3.8, 4) is 0 Å². The number of hydrogen-bond donors (Lipinski definition) is 1. The molecule has 1 saturated heterocycles. The molecule has 1 aromatic rings. The number of aromatic nitrogens is 2. The van der Waals surface area contributed by atoms with Crippen LogP contribution in [0.4, 0.5) is 13.2 Å². The molecule has 7 atom stereocenters. The topological polar surface area (TPSA) is 143 Å². The van der Waals surface area contributed by atoms with Gasteiger partial charge in [0.2, 0.25) is 24.0 Å². The van der Waals surface area contributed by atoms with E-state index in [2.05, 4.69) is 15.3 Å². The Morgan fingerprint density at radius 1 is 0.936 bits per heavy atom. The summed E-state index contributed by atoms with van der Waals surface area (Å²) in [5.41, 5.74) is 0.103. The fourth-order valence-electron chi connectivity index (χ4n) is 7.01. The first kappa shape index (κ1) is 36.3. The van der Waals surface area contributed by atoms with Crippen LogP contribution in [0.2, 0.25) is 0 Å². The zero-order valence-corrected chi connectivity index (χ0v) is 27.4. The Kier molecular flexibility index (Phi) is 12.1. The van der Waals surface area contributed by atoms with E-state index >= 15 is 4.39 Å². The molecule has 1 aromatic heterocycles. The first-order valence-electron chi connectivity index (χ1n) is 16.6. The van der Waals surface area contributed by atoms with Crippen molar-refractivity contribution >= 4 is 34.9 Å². The monoisotopic (exact) mass is 662 g/mol. The lowest BCUT2D eigenvalue weighted by atomic mass is 9.84. The maximum absolute atomic E-state index is 15.0. The highest BCUT2D eigenvalue weighted by Gasteiger charge is 2.54. The van der Waals surface area contributed by atoms with Gasteiger partial charge in [-0.05, 0) is 49.4 Å². The van der Waals surface area contributed by atoms with Crippen LogP contribution in [0.5, 0.6) is 0 Å². The molecule has 47 heavy (non-hydrogen) atoms. The molecular weight excluding hydrogens is 617 g/mol. The summed E-state index contributed by atoms with van der Waals surface area (Å²) in [6.07, 6.45) is 0.0825.